The van der Waals surface area contributed by atoms with Crippen LogP contribution < -0.4 is 5.32 Å². The average Bonchev–Trinajstić information content (AvgIpc) is 2.38. The minimum Gasteiger partial charge on any atom is -0.480 e. The number of hydrogen-bond acceptors (Lipinski definition) is 5. The van der Waals surface area contributed by atoms with E-state index in [0.29, 0.717) is 0 Å². The number of carbonyl (C=O) groups is 2. The van der Waals surface area contributed by atoms with Crippen LogP contribution in [0.15, 0.2) is 12.7 Å². The van der Waals surface area contributed by atoms with Crippen LogP contribution in [0.4, 0.5) is 0 Å². The molecule has 0 aromatic carbocycles. The van der Waals surface area contributed by atoms with Gasteiger partial charge in [0.2, 0.25) is 5.91 Å². The van der Waals surface area contributed by atoms with E-state index in [1.54, 1.807) is 0 Å². The van der Waals surface area contributed by atoms with Gasteiger partial charge in [0.05, 0.1) is 6.16 Å². The highest BCUT2D eigenvalue weighted by Crippen LogP contribution is 2.47. The maximum atomic E-state index is 11.8. The minimum absolute atomic E-state index is 0.0762. The predicted molar refractivity (Wildman–Crippen MR) is 70.1 cm³/mol. The van der Waals surface area contributed by atoms with E-state index < -0.39 is 25.0 Å². The number of carbonyl (C=O) groups excluding carboxylic acids is 1. The van der Waals surface area contributed by atoms with Crippen molar-refractivity contribution in [2.24, 2.45) is 0 Å². The van der Waals surface area contributed by atoms with Crippen LogP contribution in [-0.2, 0) is 23.2 Å². The Bertz CT molecular complexity index is 389. The van der Waals surface area contributed by atoms with Crippen molar-refractivity contribution in [2.75, 3.05) is 20.4 Å². The second-order valence-electron chi connectivity index (χ2n) is 4.13. The van der Waals surface area contributed by atoms with Crippen molar-refractivity contribution in [3.05, 3.63) is 12.7 Å². The number of hydrogen-bond donors (Lipinski definition) is 2. The van der Waals surface area contributed by atoms with Crippen molar-refractivity contribution in [1.82, 2.24) is 5.32 Å². The molecule has 0 spiro atoms. The third kappa shape index (κ3) is 5.55. The lowest BCUT2D eigenvalue weighted by molar-refractivity contribution is -0.146. The molecule has 0 aromatic heterocycles. The largest absolute Gasteiger partial charge is 0.480 e. The Labute approximate surface area is 112 Å². The fraction of sp³-hybridized carbons (Fsp3) is 0.636. The molecule has 110 valence electrons. The summed E-state index contributed by atoms with van der Waals surface area (Å²) < 4.78 is 21.3. The number of nitrogens with one attached hydrogen (secondary N) is 1. The van der Waals surface area contributed by atoms with Gasteiger partial charge in [-0.2, -0.15) is 0 Å². The third-order valence-electron chi connectivity index (χ3n) is 2.72. The van der Waals surface area contributed by atoms with E-state index in [0.717, 1.165) is 6.08 Å². The molecular weight excluding hydrogens is 273 g/mol. The highest BCUT2D eigenvalue weighted by molar-refractivity contribution is 7.53. The first-order valence-corrected chi connectivity index (χ1v) is 7.34. The van der Waals surface area contributed by atoms with Crippen molar-refractivity contribution in [2.45, 2.75) is 25.3 Å². The second-order valence-corrected chi connectivity index (χ2v) is 6.53. The molecule has 7 nitrogen and oxygen atoms in total. The quantitative estimate of drug-likeness (QED) is 0.492. The van der Waals surface area contributed by atoms with Crippen LogP contribution in [0.3, 0.4) is 0 Å². The molecule has 0 saturated carbocycles. The Morgan fingerprint density at radius 1 is 1.42 bits per heavy atom. The van der Waals surface area contributed by atoms with Gasteiger partial charge in [-0.1, -0.05) is 6.58 Å². The lowest BCUT2D eigenvalue weighted by Gasteiger charge is -2.26. The van der Waals surface area contributed by atoms with Crippen LogP contribution in [0.2, 0.25) is 0 Å². The van der Waals surface area contributed by atoms with Gasteiger partial charge >= 0.3 is 13.6 Å². The van der Waals surface area contributed by atoms with Crippen LogP contribution in [0.1, 0.15) is 19.8 Å². The summed E-state index contributed by atoms with van der Waals surface area (Å²) in [6.45, 7) is 4.64. The first kappa shape index (κ1) is 17.8. The normalized spacial score (nSPS) is 14.5. The van der Waals surface area contributed by atoms with Crippen molar-refractivity contribution < 1.29 is 28.3 Å². The van der Waals surface area contributed by atoms with E-state index in [-0.39, 0.29) is 19.0 Å². The smallest absolute Gasteiger partial charge is 0.330 e. The monoisotopic (exact) mass is 293 g/mol. The molecule has 19 heavy (non-hydrogen) atoms. The van der Waals surface area contributed by atoms with Gasteiger partial charge in [-0.15, -0.1) is 0 Å². The van der Waals surface area contributed by atoms with Crippen LogP contribution in [0.5, 0.6) is 0 Å². The van der Waals surface area contributed by atoms with Gasteiger partial charge in [0.15, 0.2) is 0 Å². The van der Waals surface area contributed by atoms with Gasteiger partial charge in [0, 0.05) is 14.2 Å². The zero-order valence-electron chi connectivity index (χ0n) is 11.3. The molecule has 0 aliphatic carbocycles. The van der Waals surface area contributed by atoms with Gasteiger partial charge in [0.1, 0.15) is 5.54 Å². The van der Waals surface area contributed by atoms with E-state index in [4.69, 9.17) is 14.2 Å². The molecule has 1 amide bonds. The lowest BCUT2D eigenvalue weighted by atomic mass is 9.96. The van der Waals surface area contributed by atoms with Crippen LogP contribution in [0, 0.1) is 0 Å². The van der Waals surface area contributed by atoms with Gasteiger partial charge in [-0.25, -0.2) is 4.79 Å². The zero-order chi connectivity index (χ0) is 15.1. The fourth-order valence-electron chi connectivity index (χ4n) is 1.43. The Balaban J connectivity index is 4.61. The summed E-state index contributed by atoms with van der Waals surface area (Å²) in [5.74, 6) is -1.75. The number of amides is 1. The third-order valence-corrected chi connectivity index (χ3v) is 4.70. The topological polar surface area (TPSA) is 102 Å². The molecule has 0 radical (unpaired) electrons. The minimum atomic E-state index is -3.16. The molecule has 0 heterocycles. The lowest BCUT2D eigenvalue weighted by Crippen LogP contribution is -2.51. The molecule has 2 N–H and O–H groups in total. The molecule has 1 atom stereocenters. The van der Waals surface area contributed by atoms with E-state index in [1.807, 2.05) is 0 Å². The van der Waals surface area contributed by atoms with Crippen LogP contribution in [-0.4, -0.2) is 42.9 Å². The standard InChI is InChI=1S/C11H20NO6P/c1-5-9(13)12-11(2,10(14)15)7-6-8-19(16,17-3)18-4/h5H,1,6-8H2,2-4H3,(H,12,13)(H,14,15). The summed E-state index contributed by atoms with van der Waals surface area (Å²) in [6, 6.07) is 0. The maximum absolute atomic E-state index is 11.8. The van der Waals surface area contributed by atoms with Crippen molar-refractivity contribution >= 4 is 19.5 Å². The van der Waals surface area contributed by atoms with E-state index in [1.165, 1.54) is 21.1 Å². The van der Waals surface area contributed by atoms with Crippen molar-refractivity contribution in [3.8, 4) is 0 Å². The Kier molecular flexibility index (Phi) is 6.97. The van der Waals surface area contributed by atoms with Crippen molar-refractivity contribution in [1.29, 1.82) is 0 Å². The molecule has 1 unspecified atom stereocenters. The van der Waals surface area contributed by atoms with Crippen LogP contribution in [0.25, 0.3) is 0 Å². The SMILES string of the molecule is C=CC(=O)NC(C)(CCCP(=O)(OC)OC)C(=O)O. The molecule has 8 heteroatoms. The molecule has 0 aliphatic heterocycles. The Morgan fingerprint density at radius 2 is 1.95 bits per heavy atom. The number of aliphatic carboxylic acids is 1. The summed E-state index contributed by atoms with van der Waals surface area (Å²) >= 11 is 0. The maximum Gasteiger partial charge on any atom is 0.330 e. The second kappa shape index (κ2) is 7.43. The number of carboxylic acids is 1. The molecule has 0 aromatic rings. The Hall–Kier alpha value is -1.17. The fourth-order valence-corrected chi connectivity index (χ4v) is 2.49. The van der Waals surface area contributed by atoms with Gasteiger partial charge in [-0.05, 0) is 25.8 Å². The number of carboxylic acid groups (broad SMARTS) is 1. The molecule has 0 aliphatic rings. The molecule has 0 bridgehead atoms. The van der Waals surface area contributed by atoms with Gasteiger partial charge in [0.25, 0.3) is 0 Å². The van der Waals surface area contributed by atoms with Gasteiger partial charge in [-0.3, -0.25) is 9.36 Å². The average molecular weight is 293 g/mol. The van der Waals surface area contributed by atoms with Crippen molar-refractivity contribution in [3.63, 3.8) is 0 Å². The Morgan fingerprint density at radius 3 is 2.32 bits per heavy atom. The summed E-state index contributed by atoms with van der Waals surface area (Å²) in [7, 11) is -0.636. The van der Waals surface area contributed by atoms with E-state index in [9.17, 15) is 14.2 Å². The first-order chi connectivity index (χ1) is 8.73. The molecule has 0 fully saturated rings. The highest BCUT2D eigenvalue weighted by atomic mass is 31.2. The predicted octanol–water partition coefficient (Wildman–Crippen LogP) is 1.40. The molecule has 0 rings (SSSR count). The number of rotatable bonds is 9. The summed E-state index contributed by atoms with van der Waals surface area (Å²) in [4.78, 5) is 22.4. The molecule has 0 saturated heterocycles. The summed E-state index contributed by atoms with van der Waals surface area (Å²) in [6.07, 6.45) is 1.43. The summed E-state index contributed by atoms with van der Waals surface area (Å²) in [5, 5.41) is 11.5. The highest BCUT2D eigenvalue weighted by Gasteiger charge is 2.34. The zero-order valence-corrected chi connectivity index (χ0v) is 12.2. The first-order valence-electron chi connectivity index (χ1n) is 5.61. The summed E-state index contributed by atoms with van der Waals surface area (Å²) in [5.41, 5.74) is -1.45. The van der Waals surface area contributed by atoms with Crippen LogP contribution >= 0.6 is 7.60 Å². The van der Waals surface area contributed by atoms with E-state index >= 15 is 0 Å². The van der Waals surface area contributed by atoms with E-state index in [2.05, 4.69) is 11.9 Å². The van der Waals surface area contributed by atoms with Gasteiger partial charge < -0.3 is 19.5 Å². The molecular formula is C11H20NO6P.